The Morgan fingerprint density at radius 3 is 3.08 bits per heavy atom. The van der Waals surface area contributed by atoms with Crippen LogP contribution in [0, 0.1) is 0 Å². The van der Waals surface area contributed by atoms with Crippen LogP contribution in [0.3, 0.4) is 0 Å². The van der Waals surface area contributed by atoms with E-state index in [4.69, 9.17) is 4.74 Å². The van der Waals surface area contributed by atoms with E-state index in [0.29, 0.717) is 22.2 Å². The van der Waals surface area contributed by atoms with Gasteiger partial charge >= 0.3 is 0 Å². The number of ether oxygens (including phenoxy) is 1. The molecule has 6 nitrogen and oxygen atoms in total. The molecule has 0 radical (unpaired) electrons. The number of nitrogens with one attached hydrogen (secondary N) is 1. The molecule has 0 saturated heterocycles. The molecular formula is C18H19N3O3S. The molecule has 3 aliphatic rings. The molecule has 0 atom stereocenters. The number of thiazole rings is 1. The highest BCUT2D eigenvalue weighted by Gasteiger charge is 2.34. The predicted octanol–water partition coefficient (Wildman–Crippen LogP) is 3.52. The van der Waals surface area contributed by atoms with Gasteiger partial charge in [-0.05, 0) is 32.8 Å². The zero-order valence-corrected chi connectivity index (χ0v) is 14.9. The Balaban J connectivity index is 1.67. The SMILES string of the molecule is CC1(C)Cc2nc(N3C=COC(C4=C(O)C=CCC4)=C3)sc2C(=O)N1. The van der Waals surface area contributed by atoms with Crippen molar-refractivity contribution in [3.63, 3.8) is 0 Å². The van der Waals surface area contributed by atoms with Crippen LogP contribution >= 0.6 is 11.3 Å². The molecule has 3 heterocycles. The second kappa shape index (κ2) is 5.77. The molecule has 2 N–H and O–H groups in total. The van der Waals surface area contributed by atoms with Gasteiger partial charge in [0.15, 0.2) is 5.13 Å². The summed E-state index contributed by atoms with van der Waals surface area (Å²) in [4.78, 5) is 19.4. The summed E-state index contributed by atoms with van der Waals surface area (Å²) in [6, 6.07) is 0. The van der Waals surface area contributed by atoms with Gasteiger partial charge in [0, 0.05) is 23.7 Å². The third kappa shape index (κ3) is 2.95. The molecule has 2 aliphatic heterocycles. The minimum atomic E-state index is -0.289. The third-order valence-electron chi connectivity index (χ3n) is 4.29. The van der Waals surface area contributed by atoms with Crippen molar-refractivity contribution in [1.82, 2.24) is 10.3 Å². The first kappa shape index (κ1) is 16.0. The second-order valence-electron chi connectivity index (χ2n) is 6.90. The summed E-state index contributed by atoms with van der Waals surface area (Å²) in [5.74, 6) is 0.754. The minimum Gasteiger partial charge on any atom is -0.508 e. The standard InChI is InChI=1S/C18H19N3O3S/c1-18(2)9-12-15(16(23)20-18)25-17(19-12)21-7-8-24-14(10-21)11-5-3-4-6-13(11)22/h4,6-8,10,22H,3,5,9H2,1-2H3,(H,20,23). The predicted molar refractivity (Wildman–Crippen MR) is 96.2 cm³/mol. The van der Waals surface area contributed by atoms with Gasteiger partial charge < -0.3 is 15.2 Å². The topological polar surface area (TPSA) is 74.7 Å². The molecular weight excluding hydrogens is 338 g/mol. The lowest BCUT2D eigenvalue weighted by Crippen LogP contribution is -2.48. The first-order valence-electron chi connectivity index (χ1n) is 8.18. The number of hydrogen-bond acceptors (Lipinski definition) is 6. The van der Waals surface area contributed by atoms with Gasteiger partial charge in [-0.15, -0.1) is 0 Å². The van der Waals surface area contributed by atoms with E-state index < -0.39 is 0 Å². The monoisotopic (exact) mass is 357 g/mol. The summed E-state index contributed by atoms with van der Waals surface area (Å²) in [7, 11) is 0. The van der Waals surface area contributed by atoms with Crippen LogP contribution < -0.4 is 10.2 Å². The van der Waals surface area contributed by atoms with Crippen molar-refractivity contribution < 1.29 is 14.6 Å². The lowest BCUT2D eigenvalue weighted by atomic mass is 9.94. The highest BCUT2D eigenvalue weighted by Crippen LogP contribution is 2.35. The van der Waals surface area contributed by atoms with Crippen LogP contribution in [-0.4, -0.2) is 21.5 Å². The van der Waals surface area contributed by atoms with E-state index in [-0.39, 0.29) is 17.2 Å². The normalized spacial score (nSPS) is 21.6. The Hall–Kier alpha value is -2.54. The van der Waals surface area contributed by atoms with E-state index in [0.717, 1.165) is 24.1 Å². The summed E-state index contributed by atoms with van der Waals surface area (Å²) in [5, 5.41) is 13.8. The smallest absolute Gasteiger partial charge is 0.263 e. The average molecular weight is 357 g/mol. The van der Waals surface area contributed by atoms with Gasteiger partial charge in [0.2, 0.25) is 0 Å². The molecule has 1 aromatic rings. The Bertz CT molecular complexity index is 861. The number of hydrogen-bond donors (Lipinski definition) is 2. The molecule has 1 amide bonds. The number of carbonyl (C=O) groups is 1. The fraction of sp³-hybridized carbons (Fsp3) is 0.333. The Labute approximate surface area is 149 Å². The maximum Gasteiger partial charge on any atom is 0.263 e. The minimum absolute atomic E-state index is 0.0748. The molecule has 25 heavy (non-hydrogen) atoms. The second-order valence-corrected chi connectivity index (χ2v) is 7.87. The number of allylic oxidation sites excluding steroid dienone is 3. The summed E-state index contributed by atoms with van der Waals surface area (Å²) < 4.78 is 5.58. The number of carbonyl (C=O) groups excluding carboxylic acids is 1. The number of aromatic nitrogens is 1. The molecule has 0 fully saturated rings. The molecule has 4 rings (SSSR count). The Morgan fingerprint density at radius 2 is 2.28 bits per heavy atom. The van der Waals surface area contributed by atoms with Crippen LogP contribution in [0.15, 0.2) is 47.9 Å². The number of fused-ring (bicyclic) bond motifs is 1. The number of anilines is 1. The number of nitrogens with zero attached hydrogens (tertiary/aromatic N) is 2. The van der Waals surface area contributed by atoms with Crippen molar-refractivity contribution in [2.75, 3.05) is 4.90 Å². The van der Waals surface area contributed by atoms with Crippen molar-refractivity contribution in [1.29, 1.82) is 0 Å². The van der Waals surface area contributed by atoms with E-state index in [1.165, 1.54) is 11.3 Å². The van der Waals surface area contributed by atoms with Gasteiger partial charge in [0.25, 0.3) is 5.91 Å². The maximum atomic E-state index is 12.3. The van der Waals surface area contributed by atoms with Crippen molar-refractivity contribution in [2.24, 2.45) is 0 Å². The first-order valence-corrected chi connectivity index (χ1v) is 8.99. The molecule has 130 valence electrons. The van der Waals surface area contributed by atoms with Crippen LogP contribution in [0.4, 0.5) is 5.13 Å². The molecule has 0 spiro atoms. The van der Waals surface area contributed by atoms with Crippen molar-refractivity contribution in [3.05, 3.63) is 58.5 Å². The van der Waals surface area contributed by atoms with Crippen LogP contribution in [0.5, 0.6) is 0 Å². The third-order valence-corrected chi connectivity index (χ3v) is 5.40. The van der Waals surface area contributed by atoms with E-state index in [9.17, 15) is 9.90 Å². The molecule has 0 aromatic carbocycles. The van der Waals surface area contributed by atoms with E-state index in [1.807, 2.05) is 24.8 Å². The van der Waals surface area contributed by atoms with Crippen molar-refractivity contribution in [2.45, 2.75) is 38.6 Å². The molecule has 0 saturated carbocycles. The quantitative estimate of drug-likeness (QED) is 0.847. The number of rotatable bonds is 2. The van der Waals surface area contributed by atoms with E-state index >= 15 is 0 Å². The molecule has 0 unspecified atom stereocenters. The Morgan fingerprint density at radius 1 is 1.44 bits per heavy atom. The van der Waals surface area contributed by atoms with E-state index in [1.54, 1.807) is 24.7 Å². The van der Waals surface area contributed by atoms with Crippen LogP contribution in [0.2, 0.25) is 0 Å². The zero-order valence-electron chi connectivity index (χ0n) is 14.1. The van der Waals surface area contributed by atoms with Gasteiger partial charge in [0.05, 0.1) is 11.9 Å². The summed E-state index contributed by atoms with van der Waals surface area (Å²) in [5.41, 5.74) is 1.31. The van der Waals surface area contributed by atoms with Gasteiger partial charge in [0.1, 0.15) is 22.7 Å². The first-order chi connectivity index (χ1) is 11.9. The largest absolute Gasteiger partial charge is 0.508 e. The fourth-order valence-electron chi connectivity index (χ4n) is 3.11. The van der Waals surface area contributed by atoms with Crippen LogP contribution in [0.25, 0.3) is 0 Å². The maximum absolute atomic E-state index is 12.3. The van der Waals surface area contributed by atoms with Crippen molar-refractivity contribution >= 4 is 22.4 Å². The number of aliphatic hydroxyl groups excluding tert-OH is 1. The van der Waals surface area contributed by atoms with Gasteiger partial charge in [-0.3, -0.25) is 9.69 Å². The van der Waals surface area contributed by atoms with Crippen molar-refractivity contribution in [3.8, 4) is 0 Å². The number of amides is 1. The summed E-state index contributed by atoms with van der Waals surface area (Å²) >= 11 is 1.36. The zero-order chi connectivity index (χ0) is 17.6. The lowest BCUT2D eigenvalue weighted by molar-refractivity contribution is 0.0901. The molecule has 7 heteroatoms. The van der Waals surface area contributed by atoms with Crippen LogP contribution in [-0.2, 0) is 11.2 Å². The van der Waals surface area contributed by atoms with Gasteiger partial charge in [-0.25, -0.2) is 4.98 Å². The highest BCUT2D eigenvalue weighted by molar-refractivity contribution is 7.17. The van der Waals surface area contributed by atoms with Gasteiger partial charge in [-0.2, -0.15) is 0 Å². The molecule has 0 bridgehead atoms. The molecule has 1 aromatic heterocycles. The summed E-state index contributed by atoms with van der Waals surface area (Å²) in [6.45, 7) is 3.98. The average Bonchev–Trinajstić information content (AvgIpc) is 2.98. The van der Waals surface area contributed by atoms with Gasteiger partial charge in [-0.1, -0.05) is 17.4 Å². The fourth-order valence-corrected chi connectivity index (χ4v) is 4.05. The highest BCUT2D eigenvalue weighted by atomic mass is 32.1. The Kier molecular flexibility index (Phi) is 3.68. The lowest BCUT2D eigenvalue weighted by Gasteiger charge is -2.29. The van der Waals surface area contributed by atoms with Crippen LogP contribution in [0.1, 0.15) is 42.1 Å². The van der Waals surface area contributed by atoms with E-state index in [2.05, 4.69) is 10.3 Å². The summed E-state index contributed by atoms with van der Waals surface area (Å²) in [6.07, 6.45) is 11.0. The number of aliphatic hydroxyl groups is 1. The molecule has 1 aliphatic carbocycles.